The molecule has 0 amide bonds. The molecule has 0 aromatic rings. The fourth-order valence-electron chi connectivity index (χ4n) is 3.32. The maximum Gasteiger partial charge on any atom is 0.308 e. The van der Waals surface area contributed by atoms with Gasteiger partial charge in [0, 0.05) is 6.61 Å². The Kier molecular flexibility index (Phi) is 23.1. The van der Waals surface area contributed by atoms with Crippen molar-refractivity contribution in [3.63, 3.8) is 0 Å². The molecule has 0 spiro atoms. The van der Waals surface area contributed by atoms with Crippen molar-refractivity contribution in [3.8, 4) is 0 Å². The van der Waals surface area contributed by atoms with Crippen LogP contribution >= 0.6 is 0 Å². The average molecular weight is 417 g/mol. The minimum atomic E-state index is -0.995. The van der Waals surface area contributed by atoms with E-state index in [-0.39, 0.29) is 13.0 Å². The number of carbonyl (C=O) groups is 1. The van der Waals surface area contributed by atoms with E-state index in [1.807, 2.05) is 0 Å². The molecule has 0 fully saturated rings. The van der Waals surface area contributed by atoms with Crippen LogP contribution in [0.5, 0.6) is 0 Å². The molecule has 0 rings (SSSR count). The first-order valence-electron chi connectivity index (χ1n) is 12.2. The SMILES string of the molecule is CCCCCCCCCCCCCCCCCCOCCC(=O)OCC(O)CO. The topological polar surface area (TPSA) is 76.0 Å². The van der Waals surface area contributed by atoms with Gasteiger partial charge >= 0.3 is 5.97 Å². The Morgan fingerprint density at radius 2 is 1.17 bits per heavy atom. The highest BCUT2D eigenvalue weighted by atomic mass is 16.5. The molecule has 5 nitrogen and oxygen atoms in total. The van der Waals surface area contributed by atoms with E-state index >= 15 is 0 Å². The lowest BCUT2D eigenvalue weighted by atomic mass is 10.0. The van der Waals surface area contributed by atoms with Gasteiger partial charge in [0.15, 0.2) is 0 Å². The number of hydrogen-bond acceptors (Lipinski definition) is 5. The average Bonchev–Trinajstić information content (AvgIpc) is 2.73. The number of esters is 1. The molecular formula is C24H48O5. The number of aliphatic hydroxyl groups excluding tert-OH is 2. The van der Waals surface area contributed by atoms with Gasteiger partial charge in [-0.25, -0.2) is 0 Å². The summed E-state index contributed by atoms with van der Waals surface area (Å²) in [6.07, 6.45) is 20.8. The summed E-state index contributed by atoms with van der Waals surface area (Å²) >= 11 is 0. The van der Waals surface area contributed by atoms with Crippen molar-refractivity contribution >= 4 is 5.97 Å². The van der Waals surface area contributed by atoms with Crippen molar-refractivity contribution in [1.29, 1.82) is 0 Å². The Hall–Kier alpha value is -0.650. The second-order valence-corrected chi connectivity index (χ2v) is 8.19. The number of ether oxygens (including phenoxy) is 2. The molecule has 0 radical (unpaired) electrons. The van der Waals surface area contributed by atoms with Crippen molar-refractivity contribution in [2.75, 3.05) is 26.4 Å². The highest BCUT2D eigenvalue weighted by molar-refractivity contribution is 5.69. The van der Waals surface area contributed by atoms with Crippen LogP contribution in [-0.2, 0) is 14.3 Å². The van der Waals surface area contributed by atoms with Crippen LogP contribution in [0.4, 0.5) is 0 Å². The van der Waals surface area contributed by atoms with E-state index in [0.29, 0.717) is 13.2 Å². The molecule has 0 aromatic heterocycles. The molecular weight excluding hydrogens is 368 g/mol. The van der Waals surface area contributed by atoms with Crippen molar-refractivity contribution in [2.24, 2.45) is 0 Å². The summed E-state index contributed by atoms with van der Waals surface area (Å²) in [7, 11) is 0. The Morgan fingerprint density at radius 3 is 1.62 bits per heavy atom. The van der Waals surface area contributed by atoms with Crippen LogP contribution in [0.25, 0.3) is 0 Å². The Morgan fingerprint density at radius 1 is 0.724 bits per heavy atom. The normalized spacial score (nSPS) is 12.2. The second kappa shape index (κ2) is 23.6. The molecule has 5 heteroatoms. The number of rotatable bonds is 23. The summed E-state index contributed by atoms with van der Waals surface area (Å²) in [6, 6.07) is 0. The number of hydrogen-bond donors (Lipinski definition) is 2. The number of carbonyl (C=O) groups excluding carboxylic acids is 1. The smallest absolute Gasteiger partial charge is 0.308 e. The molecule has 0 saturated carbocycles. The summed E-state index contributed by atoms with van der Waals surface area (Å²) in [5.74, 6) is -0.399. The van der Waals surface area contributed by atoms with Crippen LogP contribution in [-0.4, -0.2) is 48.7 Å². The van der Waals surface area contributed by atoms with Gasteiger partial charge < -0.3 is 19.7 Å². The molecule has 2 N–H and O–H groups in total. The third-order valence-corrected chi connectivity index (χ3v) is 5.24. The Balaban J connectivity index is 3.11. The van der Waals surface area contributed by atoms with Crippen LogP contribution in [0, 0.1) is 0 Å². The van der Waals surface area contributed by atoms with Crippen LogP contribution in [0.2, 0.25) is 0 Å². The highest BCUT2D eigenvalue weighted by Gasteiger charge is 2.07. The van der Waals surface area contributed by atoms with E-state index in [0.717, 1.165) is 6.42 Å². The minimum Gasteiger partial charge on any atom is -0.463 e. The quantitative estimate of drug-likeness (QED) is 0.169. The fraction of sp³-hybridized carbons (Fsp3) is 0.958. The van der Waals surface area contributed by atoms with Crippen molar-refractivity contribution in [1.82, 2.24) is 0 Å². The maximum absolute atomic E-state index is 11.4. The van der Waals surface area contributed by atoms with Gasteiger partial charge in [0.05, 0.1) is 19.6 Å². The van der Waals surface area contributed by atoms with Crippen molar-refractivity contribution in [2.45, 2.75) is 122 Å². The number of unbranched alkanes of at least 4 members (excludes halogenated alkanes) is 15. The van der Waals surface area contributed by atoms with Crippen LogP contribution in [0.15, 0.2) is 0 Å². The van der Waals surface area contributed by atoms with Gasteiger partial charge in [-0.15, -0.1) is 0 Å². The van der Waals surface area contributed by atoms with Crippen LogP contribution < -0.4 is 0 Å². The van der Waals surface area contributed by atoms with E-state index in [4.69, 9.17) is 19.7 Å². The minimum absolute atomic E-state index is 0.158. The summed E-state index contributed by atoms with van der Waals surface area (Å²) in [5, 5.41) is 17.7. The molecule has 1 unspecified atom stereocenters. The van der Waals surface area contributed by atoms with Crippen molar-refractivity contribution in [3.05, 3.63) is 0 Å². The van der Waals surface area contributed by atoms with Gasteiger partial charge in [-0.3, -0.25) is 4.79 Å². The van der Waals surface area contributed by atoms with E-state index in [1.165, 1.54) is 96.3 Å². The van der Waals surface area contributed by atoms with Gasteiger partial charge in [-0.05, 0) is 6.42 Å². The zero-order valence-electron chi connectivity index (χ0n) is 19.0. The van der Waals surface area contributed by atoms with E-state index in [9.17, 15) is 4.79 Å². The van der Waals surface area contributed by atoms with E-state index in [1.54, 1.807) is 0 Å². The molecule has 0 aliphatic carbocycles. The predicted octanol–water partition coefficient (Wildman–Crippen LogP) is 5.55. The van der Waals surface area contributed by atoms with Gasteiger partial charge in [-0.1, -0.05) is 103 Å². The highest BCUT2D eigenvalue weighted by Crippen LogP contribution is 2.13. The summed E-state index contributed by atoms with van der Waals surface area (Å²) < 4.78 is 10.2. The first-order chi connectivity index (χ1) is 14.2. The molecule has 0 aliphatic rings. The Labute approximate surface area is 179 Å². The molecule has 0 aliphatic heterocycles. The molecule has 0 heterocycles. The lowest BCUT2D eigenvalue weighted by molar-refractivity contribution is -0.148. The first-order valence-corrected chi connectivity index (χ1v) is 12.2. The number of aliphatic hydroxyl groups is 2. The van der Waals surface area contributed by atoms with Crippen LogP contribution in [0.3, 0.4) is 0 Å². The first kappa shape index (κ1) is 28.4. The van der Waals surface area contributed by atoms with Crippen molar-refractivity contribution < 1.29 is 24.5 Å². The lowest BCUT2D eigenvalue weighted by Crippen LogP contribution is -2.22. The van der Waals surface area contributed by atoms with E-state index in [2.05, 4.69) is 6.92 Å². The molecule has 1 atom stereocenters. The van der Waals surface area contributed by atoms with Gasteiger partial charge in [0.1, 0.15) is 12.7 Å². The summed E-state index contributed by atoms with van der Waals surface area (Å²) in [4.78, 5) is 11.4. The predicted molar refractivity (Wildman–Crippen MR) is 119 cm³/mol. The van der Waals surface area contributed by atoms with Gasteiger partial charge in [-0.2, -0.15) is 0 Å². The van der Waals surface area contributed by atoms with Gasteiger partial charge in [0.25, 0.3) is 0 Å². The fourth-order valence-corrected chi connectivity index (χ4v) is 3.32. The second-order valence-electron chi connectivity index (χ2n) is 8.19. The summed E-state index contributed by atoms with van der Waals surface area (Å²) in [5.41, 5.74) is 0. The molecule has 0 saturated heterocycles. The third kappa shape index (κ3) is 23.5. The maximum atomic E-state index is 11.4. The molecule has 0 bridgehead atoms. The zero-order valence-corrected chi connectivity index (χ0v) is 19.0. The molecule has 174 valence electrons. The lowest BCUT2D eigenvalue weighted by Gasteiger charge is -2.08. The van der Waals surface area contributed by atoms with E-state index < -0.39 is 18.7 Å². The zero-order chi connectivity index (χ0) is 21.4. The largest absolute Gasteiger partial charge is 0.463 e. The summed E-state index contributed by atoms with van der Waals surface area (Å²) in [6.45, 7) is 2.75. The third-order valence-electron chi connectivity index (χ3n) is 5.24. The van der Waals surface area contributed by atoms with Crippen LogP contribution in [0.1, 0.15) is 116 Å². The monoisotopic (exact) mass is 416 g/mol. The van der Waals surface area contributed by atoms with Gasteiger partial charge in [0.2, 0.25) is 0 Å². The standard InChI is InChI=1S/C24H48O5/c1-2-3-4-5-6-7-8-9-10-11-12-13-14-15-16-17-19-28-20-18-24(27)29-22-23(26)21-25/h23,25-26H,2-22H2,1H3. The molecule has 29 heavy (non-hydrogen) atoms. The molecule has 0 aromatic carbocycles. The Bertz CT molecular complexity index is 335.